The van der Waals surface area contributed by atoms with Gasteiger partial charge in [0.25, 0.3) is 0 Å². The SMILES string of the molecule is O=C(CSc1nnnn1-c1ccc(OC(F)(F)F)cc1)NC(=O)NCC(F)(F)F. The number of nitrogens with one attached hydrogen (secondary N) is 2. The second-order valence-electron chi connectivity index (χ2n) is 5.05. The predicted octanol–water partition coefficient (Wildman–Crippen LogP) is 2.04. The molecule has 0 radical (unpaired) electrons. The molecule has 29 heavy (non-hydrogen) atoms. The summed E-state index contributed by atoms with van der Waals surface area (Å²) in [6, 6.07) is 3.18. The zero-order valence-corrected chi connectivity index (χ0v) is 14.7. The number of aromatic nitrogens is 4. The van der Waals surface area contributed by atoms with Crippen LogP contribution in [0.4, 0.5) is 31.1 Å². The van der Waals surface area contributed by atoms with Crippen LogP contribution in [0.25, 0.3) is 5.69 Å². The minimum Gasteiger partial charge on any atom is -0.406 e. The van der Waals surface area contributed by atoms with Gasteiger partial charge >= 0.3 is 18.6 Å². The maximum absolute atomic E-state index is 12.2. The Balaban J connectivity index is 1.92. The lowest BCUT2D eigenvalue weighted by atomic mass is 10.3. The second kappa shape index (κ2) is 8.97. The maximum atomic E-state index is 12.2. The topological polar surface area (TPSA) is 111 Å². The lowest BCUT2D eigenvalue weighted by Gasteiger charge is -2.10. The number of thioether (sulfide) groups is 1. The fourth-order valence-electron chi connectivity index (χ4n) is 1.74. The molecule has 2 N–H and O–H groups in total. The molecule has 0 fully saturated rings. The molecule has 0 aliphatic heterocycles. The molecule has 3 amide bonds. The fraction of sp³-hybridized carbons (Fsp3) is 0.308. The Morgan fingerprint density at radius 3 is 2.34 bits per heavy atom. The Morgan fingerprint density at radius 1 is 1.10 bits per heavy atom. The molecule has 0 atom stereocenters. The molecule has 1 aromatic carbocycles. The summed E-state index contributed by atoms with van der Waals surface area (Å²) in [7, 11) is 0. The number of carbonyl (C=O) groups excluding carboxylic acids is 2. The van der Waals surface area contributed by atoms with Gasteiger partial charge in [-0.1, -0.05) is 11.8 Å². The van der Waals surface area contributed by atoms with Crippen LogP contribution in [0, 0.1) is 0 Å². The lowest BCUT2D eigenvalue weighted by molar-refractivity contribution is -0.274. The molecule has 0 saturated heterocycles. The third-order valence-corrected chi connectivity index (χ3v) is 3.71. The fourth-order valence-corrected chi connectivity index (χ4v) is 2.43. The Hall–Kier alpha value is -3.04. The van der Waals surface area contributed by atoms with E-state index >= 15 is 0 Å². The molecule has 1 heterocycles. The molecule has 16 heteroatoms. The van der Waals surface area contributed by atoms with Crippen molar-refractivity contribution in [1.82, 2.24) is 30.8 Å². The van der Waals surface area contributed by atoms with Crippen LogP contribution in [0.15, 0.2) is 29.4 Å². The van der Waals surface area contributed by atoms with E-state index in [-0.39, 0.29) is 10.8 Å². The molecule has 0 unspecified atom stereocenters. The third-order valence-electron chi connectivity index (χ3n) is 2.79. The van der Waals surface area contributed by atoms with Crippen molar-refractivity contribution in [3.05, 3.63) is 24.3 Å². The molecule has 9 nitrogen and oxygen atoms in total. The maximum Gasteiger partial charge on any atom is 0.573 e. The molecule has 158 valence electrons. The smallest absolute Gasteiger partial charge is 0.406 e. The number of halogens is 6. The highest BCUT2D eigenvalue weighted by molar-refractivity contribution is 7.99. The van der Waals surface area contributed by atoms with E-state index in [2.05, 4.69) is 20.3 Å². The van der Waals surface area contributed by atoms with E-state index in [1.165, 1.54) is 17.4 Å². The van der Waals surface area contributed by atoms with E-state index in [0.29, 0.717) is 0 Å². The van der Waals surface area contributed by atoms with Crippen LogP contribution < -0.4 is 15.4 Å². The number of amides is 3. The standard InChI is InChI=1S/C13H10F6N6O3S/c14-12(15,16)6-20-10(27)21-9(26)5-29-11-22-23-24-25(11)7-1-3-8(4-2-7)28-13(17,18)19/h1-4H,5-6H2,(H2,20,21,26,27). The van der Waals surface area contributed by atoms with Gasteiger partial charge in [0, 0.05) is 0 Å². The predicted molar refractivity (Wildman–Crippen MR) is 84.2 cm³/mol. The molecule has 0 bridgehead atoms. The van der Waals surface area contributed by atoms with E-state index in [1.54, 1.807) is 5.32 Å². The number of carbonyl (C=O) groups is 2. The van der Waals surface area contributed by atoms with Gasteiger partial charge < -0.3 is 10.1 Å². The summed E-state index contributed by atoms with van der Waals surface area (Å²) in [5.74, 6) is -1.80. The first-order valence-corrected chi connectivity index (χ1v) is 8.33. The largest absolute Gasteiger partial charge is 0.573 e. The summed E-state index contributed by atoms with van der Waals surface area (Å²) in [5.41, 5.74) is 0.246. The molecule has 0 aliphatic carbocycles. The van der Waals surface area contributed by atoms with E-state index < -0.39 is 42.5 Å². The number of imide groups is 1. The summed E-state index contributed by atoms with van der Waals surface area (Å²) in [6.07, 6.45) is -9.48. The van der Waals surface area contributed by atoms with Crippen molar-refractivity contribution in [2.75, 3.05) is 12.3 Å². The minimum absolute atomic E-state index is 0.0420. The molecule has 2 aromatic rings. The van der Waals surface area contributed by atoms with E-state index in [0.717, 1.165) is 28.6 Å². The zero-order chi connectivity index (χ0) is 21.7. The van der Waals surface area contributed by atoms with Crippen LogP contribution in [0.3, 0.4) is 0 Å². The minimum atomic E-state index is -4.85. The van der Waals surface area contributed by atoms with Gasteiger partial charge in [-0.3, -0.25) is 10.1 Å². The zero-order valence-electron chi connectivity index (χ0n) is 13.9. The van der Waals surface area contributed by atoms with Crippen molar-refractivity contribution in [1.29, 1.82) is 0 Å². The average molecular weight is 444 g/mol. The molecule has 0 aliphatic rings. The van der Waals surface area contributed by atoms with Crippen molar-refractivity contribution in [2.45, 2.75) is 17.7 Å². The number of hydrogen-bond acceptors (Lipinski definition) is 7. The van der Waals surface area contributed by atoms with Crippen LogP contribution in [0.2, 0.25) is 0 Å². The Kier molecular flexibility index (Phi) is 6.89. The van der Waals surface area contributed by atoms with Crippen LogP contribution >= 0.6 is 11.8 Å². The first kappa shape index (κ1) is 22.3. The number of benzene rings is 1. The Morgan fingerprint density at radius 2 is 1.76 bits per heavy atom. The summed E-state index contributed by atoms with van der Waals surface area (Å²) in [6.45, 7) is -1.61. The molecular formula is C13H10F6N6O3S. The Bertz CT molecular complexity index is 854. The Labute approximate surface area is 161 Å². The number of nitrogens with zero attached hydrogens (tertiary/aromatic N) is 4. The van der Waals surface area contributed by atoms with Crippen molar-refractivity contribution >= 4 is 23.7 Å². The highest BCUT2D eigenvalue weighted by atomic mass is 32.2. The lowest BCUT2D eigenvalue weighted by Crippen LogP contribution is -2.43. The number of alkyl halides is 6. The molecule has 2 rings (SSSR count). The van der Waals surface area contributed by atoms with Gasteiger partial charge in [-0.15, -0.1) is 18.3 Å². The van der Waals surface area contributed by atoms with E-state index in [9.17, 15) is 35.9 Å². The van der Waals surface area contributed by atoms with E-state index in [4.69, 9.17) is 0 Å². The number of hydrogen-bond donors (Lipinski definition) is 2. The first-order chi connectivity index (χ1) is 13.4. The van der Waals surface area contributed by atoms with Crippen molar-refractivity contribution < 1.29 is 40.7 Å². The number of ether oxygens (including phenoxy) is 1. The van der Waals surface area contributed by atoms with Gasteiger partial charge in [0.2, 0.25) is 11.1 Å². The monoisotopic (exact) mass is 444 g/mol. The summed E-state index contributed by atoms with van der Waals surface area (Å²) in [5, 5.41) is 13.8. The normalized spacial score (nSPS) is 11.8. The van der Waals surface area contributed by atoms with Crippen molar-refractivity contribution in [3.63, 3.8) is 0 Å². The number of rotatable bonds is 6. The summed E-state index contributed by atoms with van der Waals surface area (Å²) < 4.78 is 77.3. The van der Waals surface area contributed by atoms with E-state index in [1.807, 2.05) is 0 Å². The molecular weight excluding hydrogens is 434 g/mol. The van der Waals surface area contributed by atoms with Gasteiger partial charge in [0.1, 0.15) is 12.3 Å². The van der Waals surface area contributed by atoms with Crippen LogP contribution in [0.5, 0.6) is 5.75 Å². The number of urea groups is 1. The molecule has 0 saturated carbocycles. The average Bonchev–Trinajstić information content (AvgIpc) is 3.05. The molecule has 0 spiro atoms. The second-order valence-corrected chi connectivity index (χ2v) is 5.99. The summed E-state index contributed by atoms with van der Waals surface area (Å²) >= 11 is 0.738. The number of tetrazole rings is 1. The highest BCUT2D eigenvalue weighted by Crippen LogP contribution is 2.24. The molecule has 1 aromatic heterocycles. The highest BCUT2D eigenvalue weighted by Gasteiger charge is 2.31. The van der Waals surface area contributed by atoms with Crippen LogP contribution in [-0.2, 0) is 4.79 Å². The van der Waals surface area contributed by atoms with Gasteiger partial charge in [-0.05, 0) is 34.7 Å². The van der Waals surface area contributed by atoms with Gasteiger partial charge in [-0.2, -0.15) is 17.9 Å². The first-order valence-electron chi connectivity index (χ1n) is 7.35. The van der Waals surface area contributed by atoms with Gasteiger partial charge in [0.05, 0.1) is 11.4 Å². The van der Waals surface area contributed by atoms with Gasteiger partial charge in [-0.25, -0.2) is 4.79 Å². The van der Waals surface area contributed by atoms with Crippen molar-refractivity contribution in [3.8, 4) is 11.4 Å². The van der Waals surface area contributed by atoms with Gasteiger partial charge in [0.15, 0.2) is 0 Å². The third kappa shape index (κ3) is 7.84. The van der Waals surface area contributed by atoms with Crippen LogP contribution in [0.1, 0.15) is 0 Å². The van der Waals surface area contributed by atoms with Crippen molar-refractivity contribution in [2.24, 2.45) is 0 Å². The summed E-state index contributed by atoms with van der Waals surface area (Å²) in [4.78, 5) is 22.8. The quantitative estimate of drug-likeness (QED) is 0.518. The van der Waals surface area contributed by atoms with Crippen LogP contribution in [-0.4, -0.2) is 57.0 Å².